The van der Waals surface area contributed by atoms with E-state index in [1.165, 1.54) is 6.92 Å². The quantitative estimate of drug-likeness (QED) is 0.660. The number of nitrogens with one attached hydrogen (secondary N) is 1. The van der Waals surface area contributed by atoms with Gasteiger partial charge in [0.15, 0.2) is 0 Å². The van der Waals surface area contributed by atoms with Gasteiger partial charge >= 0.3 is 0 Å². The molecule has 1 amide bonds. The van der Waals surface area contributed by atoms with Gasteiger partial charge in [-0.25, -0.2) is 0 Å². The Morgan fingerprint density at radius 1 is 1.15 bits per heavy atom. The van der Waals surface area contributed by atoms with E-state index in [0.29, 0.717) is 13.2 Å². The smallest absolute Gasteiger partial charge is 0.217 e. The van der Waals surface area contributed by atoms with Crippen molar-refractivity contribution in [3.63, 3.8) is 0 Å². The highest BCUT2D eigenvalue weighted by molar-refractivity contribution is 5.73. The fourth-order valence-corrected chi connectivity index (χ4v) is 3.37. The maximum absolute atomic E-state index is 11.7. The van der Waals surface area contributed by atoms with Gasteiger partial charge < -0.3 is 34.1 Å². The van der Waals surface area contributed by atoms with E-state index in [9.17, 15) is 9.90 Å². The van der Waals surface area contributed by atoms with Gasteiger partial charge in [-0.1, -0.05) is 0 Å². The van der Waals surface area contributed by atoms with Crippen LogP contribution in [0.1, 0.15) is 41.5 Å². The molecule has 8 heteroatoms. The highest BCUT2D eigenvalue weighted by Crippen LogP contribution is 2.26. The summed E-state index contributed by atoms with van der Waals surface area (Å²) in [5.41, 5.74) is -0.862. The van der Waals surface area contributed by atoms with Crippen LogP contribution in [0.5, 0.6) is 0 Å². The lowest BCUT2D eigenvalue weighted by molar-refractivity contribution is -0.242. The topological polar surface area (TPSA) is 95.5 Å². The molecule has 0 unspecified atom stereocenters. The lowest BCUT2D eigenvalue weighted by atomic mass is 10.0. The minimum Gasteiger partial charge on any atom is -0.394 e. The monoisotopic (exact) mass is 389 g/mol. The fraction of sp³-hybridized carbons (Fsp3) is 0.947. The van der Waals surface area contributed by atoms with E-state index in [-0.39, 0.29) is 50.1 Å². The van der Waals surface area contributed by atoms with E-state index >= 15 is 0 Å². The van der Waals surface area contributed by atoms with Gasteiger partial charge in [0.05, 0.1) is 56.4 Å². The molecule has 2 fully saturated rings. The first-order valence-electron chi connectivity index (χ1n) is 9.57. The highest BCUT2D eigenvalue weighted by Gasteiger charge is 2.40. The molecule has 2 rings (SSSR count). The van der Waals surface area contributed by atoms with Crippen LogP contribution in [-0.4, -0.2) is 85.7 Å². The zero-order valence-corrected chi connectivity index (χ0v) is 17.3. The van der Waals surface area contributed by atoms with Crippen molar-refractivity contribution >= 4 is 5.91 Å². The first-order valence-corrected chi connectivity index (χ1v) is 9.57. The van der Waals surface area contributed by atoms with E-state index in [1.54, 1.807) is 0 Å². The minimum atomic E-state index is -0.444. The molecule has 8 nitrogen and oxygen atoms in total. The third-order valence-corrected chi connectivity index (χ3v) is 4.69. The van der Waals surface area contributed by atoms with Crippen LogP contribution in [0.4, 0.5) is 0 Å². The molecule has 0 aromatic carbocycles. The normalized spacial score (nSPS) is 34.0. The number of amides is 1. The number of aliphatic hydroxyl groups is 1. The lowest BCUT2D eigenvalue weighted by Crippen LogP contribution is -2.58. The Balaban J connectivity index is 1.93. The number of rotatable bonds is 7. The van der Waals surface area contributed by atoms with Crippen LogP contribution in [0.25, 0.3) is 0 Å². The predicted octanol–water partition coefficient (Wildman–Crippen LogP) is 0.645. The van der Waals surface area contributed by atoms with Crippen molar-refractivity contribution in [1.29, 1.82) is 0 Å². The van der Waals surface area contributed by atoms with Crippen molar-refractivity contribution in [2.45, 2.75) is 83.2 Å². The summed E-state index contributed by atoms with van der Waals surface area (Å²) < 4.78 is 29.5. The van der Waals surface area contributed by atoms with Crippen molar-refractivity contribution in [3.05, 3.63) is 0 Å². The van der Waals surface area contributed by atoms with Crippen molar-refractivity contribution in [3.8, 4) is 0 Å². The first-order chi connectivity index (χ1) is 12.5. The molecule has 0 bridgehead atoms. The molecule has 2 heterocycles. The molecule has 0 aliphatic carbocycles. The fourth-order valence-electron chi connectivity index (χ4n) is 3.37. The molecule has 2 N–H and O–H groups in total. The van der Waals surface area contributed by atoms with Crippen LogP contribution in [0, 0.1) is 0 Å². The minimum absolute atomic E-state index is 0.141. The number of aliphatic hydroxyl groups excluding tert-OH is 1. The summed E-state index contributed by atoms with van der Waals surface area (Å²) >= 11 is 0. The Hall–Kier alpha value is -0.770. The van der Waals surface area contributed by atoms with E-state index in [1.807, 2.05) is 34.6 Å². The van der Waals surface area contributed by atoms with Gasteiger partial charge in [-0.3, -0.25) is 4.79 Å². The molecule has 158 valence electrons. The summed E-state index contributed by atoms with van der Waals surface area (Å²) in [4.78, 5) is 11.7. The molecule has 0 aromatic heterocycles. The maximum atomic E-state index is 11.7. The van der Waals surface area contributed by atoms with Crippen LogP contribution in [0.3, 0.4) is 0 Å². The molecule has 0 aromatic rings. The second-order valence-electron chi connectivity index (χ2n) is 8.65. The summed E-state index contributed by atoms with van der Waals surface area (Å²) in [6, 6.07) is -0.356. The molecule has 2 aliphatic heterocycles. The molecule has 27 heavy (non-hydrogen) atoms. The number of carbonyl (C=O) groups excluding carboxylic acids is 1. The van der Waals surface area contributed by atoms with Crippen LogP contribution in [0.15, 0.2) is 0 Å². The largest absolute Gasteiger partial charge is 0.394 e. The maximum Gasteiger partial charge on any atom is 0.217 e. The summed E-state index contributed by atoms with van der Waals surface area (Å²) in [7, 11) is 0. The van der Waals surface area contributed by atoms with Gasteiger partial charge in [0.1, 0.15) is 18.3 Å². The second kappa shape index (κ2) is 9.15. The Morgan fingerprint density at radius 3 is 2.41 bits per heavy atom. The zero-order chi connectivity index (χ0) is 20.2. The average Bonchev–Trinajstić information content (AvgIpc) is 2.56. The van der Waals surface area contributed by atoms with Gasteiger partial charge in [-0.05, 0) is 34.6 Å². The molecule has 2 saturated heterocycles. The Morgan fingerprint density at radius 2 is 1.78 bits per heavy atom. The predicted molar refractivity (Wildman–Crippen MR) is 98.6 cm³/mol. The molecular formula is C19H35NO7. The second-order valence-corrected chi connectivity index (χ2v) is 8.65. The average molecular weight is 389 g/mol. The SMILES string of the molecule is CC(=O)N[C@@H](COC[C@@H]1OCC(C)(C)O[C@H]1CO)[C@@H]1OC(C)(C)CO[C@@H]1C. The summed E-state index contributed by atoms with van der Waals surface area (Å²) in [6.07, 6.45) is -1.30. The number of ether oxygens (including phenoxy) is 5. The van der Waals surface area contributed by atoms with Gasteiger partial charge in [-0.2, -0.15) is 0 Å². The molecule has 0 saturated carbocycles. The van der Waals surface area contributed by atoms with Crippen molar-refractivity contribution in [2.24, 2.45) is 0 Å². The highest BCUT2D eigenvalue weighted by atomic mass is 16.6. The Bertz CT molecular complexity index is 496. The number of carbonyl (C=O) groups is 1. The van der Waals surface area contributed by atoms with Crippen LogP contribution >= 0.6 is 0 Å². The number of hydrogen-bond acceptors (Lipinski definition) is 7. The van der Waals surface area contributed by atoms with Gasteiger partial charge in [0, 0.05) is 6.92 Å². The summed E-state index contributed by atoms with van der Waals surface area (Å²) in [5, 5.41) is 12.5. The van der Waals surface area contributed by atoms with E-state index < -0.39 is 17.3 Å². The molecule has 0 radical (unpaired) electrons. The Kier molecular flexibility index (Phi) is 7.63. The third-order valence-electron chi connectivity index (χ3n) is 4.69. The molecule has 5 atom stereocenters. The molecular weight excluding hydrogens is 354 g/mol. The van der Waals surface area contributed by atoms with Gasteiger partial charge in [0.25, 0.3) is 0 Å². The van der Waals surface area contributed by atoms with Crippen LogP contribution < -0.4 is 5.32 Å². The standard InChI is InChI=1S/C19H35NO7/c1-12-17(27-19(5,6)10-24-12)14(20-13(2)22)8-23-9-16-15(7-21)26-18(3,4)11-25-16/h12,14-17,21H,7-11H2,1-6H3,(H,20,22)/t12-,14+,15+,16+,17-/m1/s1. The number of hydrogen-bond donors (Lipinski definition) is 2. The molecule has 0 spiro atoms. The van der Waals surface area contributed by atoms with E-state index in [0.717, 1.165) is 0 Å². The van der Waals surface area contributed by atoms with Crippen molar-refractivity contribution in [1.82, 2.24) is 5.32 Å². The summed E-state index contributed by atoms with van der Waals surface area (Å²) in [6.45, 7) is 12.4. The zero-order valence-electron chi connectivity index (χ0n) is 17.3. The van der Waals surface area contributed by atoms with E-state index in [4.69, 9.17) is 23.7 Å². The van der Waals surface area contributed by atoms with E-state index in [2.05, 4.69) is 5.32 Å². The van der Waals surface area contributed by atoms with Crippen LogP contribution in [0.2, 0.25) is 0 Å². The van der Waals surface area contributed by atoms with Gasteiger partial charge in [0.2, 0.25) is 5.91 Å². The molecule has 2 aliphatic rings. The summed E-state index contributed by atoms with van der Waals surface area (Å²) in [5.74, 6) is -0.157. The third kappa shape index (κ3) is 6.66. The van der Waals surface area contributed by atoms with Crippen molar-refractivity contribution < 1.29 is 33.6 Å². The first kappa shape index (κ1) is 22.5. The Labute approximate surface area is 161 Å². The van der Waals surface area contributed by atoms with Crippen molar-refractivity contribution in [2.75, 3.05) is 33.0 Å². The van der Waals surface area contributed by atoms with Gasteiger partial charge in [-0.15, -0.1) is 0 Å². The van der Waals surface area contributed by atoms with Crippen LogP contribution in [-0.2, 0) is 28.5 Å². The lowest BCUT2D eigenvalue weighted by Gasteiger charge is -2.43.